The molecule has 14 heavy (non-hydrogen) atoms. The van der Waals surface area contributed by atoms with Crippen molar-refractivity contribution in [3.63, 3.8) is 0 Å². The predicted molar refractivity (Wildman–Crippen MR) is 60.3 cm³/mol. The largest absolute Gasteiger partial charge is 0.357 e. The molecule has 0 aliphatic rings. The summed E-state index contributed by atoms with van der Waals surface area (Å²) in [6.07, 6.45) is 0. The van der Waals surface area contributed by atoms with Crippen LogP contribution in [0.25, 0.3) is 10.9 Å². The van der Waals surface area contributed by atoms with Crippen LogP contribution in [0.4, 0.5) is 4.39 Å². The van der Waals surface area contributed by atoms with Crippen LogP contribution in [0.1, 0.15) is 11.3 Å². The molecule has 0 fully saturated rings. The van der Waals surface area contributed by atoms with Gasteiger partial charge in [0.2, 0.25) is 0 Å². The number of benzene rings is 1. The molecule has 1 aromatic heterocycles. The third kappa shape index (κ3) is 1.35. The monoisotopic (exact) mass is 275 g/mol. The fourth-order valence-corrected chi connectivity index (χ4v) is 2.35. The van der Waals surface area contributed by atoms with Crippen LogP contribution in [0.2, 0.25) is 0 Å². The van der Waals surface area contributed by atoms with Gasteiger partial charge in [-0.1, -0.05) is 0 Å². The van der Waals surface area contributed by atoms with E-state index in [1.54, 1.807) is 6.07 Å². The van der Waals surface area contributed by atoms with Gasteiger partial charge in [0.25, 0.3) is 0 Å². The predicted octanol–water partition coefficient (Wildman–Crippen LogP) is 4.12. The van der Waals surface area contributed by atoms with Crippen LogP contribution in [0.3, 0.4) is 0 Å². The summed E-state index contributed by atoms with van der Waals surface area (Å²) in [5.74, 6) is 0.0855. The number of H-pyrrole nitrogens is 1. The first-order valence-electron chi connectivity index (χ1n) is 4.16. The Hall–Kier alpha value is -0.540. The van der Waals surface area contributed by atoms with Crippen LogP contribution in [0.15, 0.2) is 16.6 Å². The summed E-state index contributed by atoms with van der Waals surface area (Å²) in [5.41, 5.74) is 2.53. The Bertz CT molecular complexity index is 492. The Morgan fingerprint density at radius 2 is 2.21 bits per heavy atom. The van der Waals surface area contributed by atoms with Crippen molar-refractivity contribution in [2.45, 2.75) is 12.8 Å². The first-order chi connectivity index (χ1) is 6.65. The van der Waals surface area contributed by atoms with Crippen molar-refractivity contribution in [2.24, 2.45) is 0 Å². The summed E-state index contributed by atoms with van der Waals surface area (Å²) in [5, 5.41) is 0.590. The minimum Gasteiger partial charge on any atom is -0.357 e. The van der Waals surface area contributed by atoms with Gasteiger partial charge >= 0.3 is 0 Å². The van der Waals surface area contributed by atoms with Gasteiger partial charge in [0.1, 0.15) is 5.82 Å². The maximum atomic E-state index is 13.5. The van der Waals surface area contributed by atoms with E-state index < -0.39 is 0 Å². The molecule has 1 N–H and O–H groups in total. The van der Waals surface area contributed by atoms with E-state index in [2.05, 4.69) is 20.9 Å². The maximum absolute atomic E-state index is 13.5. The minimum absolute atomic E-state index is 0.233. The SMILES string of the molecule is Cc1[nH]c2c(Br)ccc(F)c2c1CCl. The van der Waals surface area contributed by atoms with Gasteiger partial charge in [-0.15, -0.1) is 11.6 Å². The van der Waals surface area contributed by atoms with Gasteiger partial charge in [-0.2, -0.15) is 0 Å². The molecular formula is C10H8BrClFN. The number of nitrogens with one attached hydrogen (secondary N) is 1. The molecule has 0 radical (unpaired) electrons. The molecule has 0 amide bonds. The minimum atomic E-state index is -0.233. The zero-order chi connectivity index (χ0) is 10.3. The fourth-order valence-electron chi connectivity index (χ4n) is 1.59. The van der Waals surface area contributed by atoms with E-state index in [1.165, 1.54) is 6.07 Å². The van der Waals surface area contributed by atoms with Crippen molar-refractivity contribution in [1.82, 2.24) is 4.98 Å². The normalized spacial score (nSPS) is 11.1. The Morgan fingerprint density at radius 3 is 2.86 bits per heavy atom. The lowest BCUT2D eigenvalue weighted by Gasteiger charge is -1.97. The highest BCUT2D eigenvalue weighted by atomic mass is 79.9. The third-order valence-electron chi connectivity index (χ3n) is 2.30. The molecule has 2 rings (SSSR count). The van der Waals surface area contributed by atoms with Crippen molar-refractivity contribution < 1.29 is 4.39 Å². The highest BCUT2D eigenvalue weighted by Crippen LogP contribution is 2.31. The molecule has 0 atom stereocenters. The summed E-state index contributed by atoms with van der Waals surface area (Å²) in [7, 11) is 0. The zero-order valence-corrected chi connectivity index (χ0v) is 9.84. The highest BCUT2D eigenvalue weighted by molar-refractivity contribution is 9.10. The second-order valence-electron chi connectivity index (χ2n) is 3.14. The molecule has 74 valence electrons. The molecule has 0 saturated carbocycles. The van der Waals surface area contributed by atoms with Crippen LogP contribution in [0.5, 0.6) is 0 Å². The topological polar surface area (TPSA) is 15.8 Å². The molecule has 1 heterocycles. The van der Waals surface area contributed by atoms with Gasteiger partial charge in [0.05, 0.1) is 5.52 Å². The summed E-state index contributed by atoms with van der Waals surface area (Å²) >= 11 is 9.14. The van der Waals surface area contributed by atoms with Crippen LogP contribution in [-0.4, -0.2) is 4.98 Å². The van der Waals surface area contributed by atoms with Crippen LogP contribution in [-0.2, 0) is 5.88 Å². The first-order valence-corrected chi connectivity index (χ1v) is 5.49. The van der Waals surface area contributed by atoms with Crippen molar-refractivity contribution in [3.05, 3.63) is 33.7 Å². The standard InChI is InChI=1S/C10H8BrClFN/c1-5-6(4-12)9-8(13)3-2-7(11)10(9)14-5/h2-3,14H,4H2,1H3. The number of fused-ring (bicyclic) bond motifs is 1. The van der Waals surface area contributed by atoms with Crippen molar-refractivity contribution in [1.29, 1.82) is 0 Å². The third-order valence-corrected chi connectivity index (χ3v) is 3.23. The van der Waals surface area contributed by atoms with E-state index >= 15 is 0 Å². The van der Waals surface area contributed by atoms with Crippen molar-refractivity contribution in [3.8, 4) is 0 Å². The molecule has 0 aliphatic heterocycles. The average Bonchev–Trinajstić information content (AvgIpc) is 2.50. The molecule has 0 unspecified atom stereocenters. The van der Waals surface area contributed by atoms with E-state index in [9.17, 15) is 4.39 Å². The van der Waals surface area contributed by atoms with E-state index in [1.807, 2.05) is 6.92 Å². The van der Waals surface area contributed by atoms with Crippen LogP contribution < -0.4 is 0 Å². The lowest BCUT2D eigenvalue weighted by Crippen LogP contribution is -1.82. The van der Waals surface area contributed by atoms with E-state index in [0.717, 1.165) is 21.2 Å². The number of halogens is 3. The van der Waals surface area contributed by atoms with Gasteiger partial charge in [0.15, 0.2) is 0 Å². The highest BCUT2D eigenvalue weighted by Gasteiger charge is 2.13. The quantitative estimate of drug-likeness (QED) is 0.754. The Morgan fingerprint density at radius 1 is 1.50 bits per heavy atom. The molecule has 0 bridgehead atoms. The van der Waals surface area contributed by atoms with Crippen LogP contribution in [0, 0.1) is 12.7 Å². The van der Waals surface area contributed by atoms with Gasteiger partial charge in [-0.05, 0) is 40.5 Å². The number of aromatic nitrogens is 1. The van der Waals surface area contributed by atoms with Gasteiger partial charge < -0.3 is 4.98 Å². The first kappa shape index (κ1) is 9.99. The Balaban J connectivity index is 2.93. The number of alkyl halides is 1. The molecule has 0 spiro atoms. The van der Waals surface area contributed by atoms with Crippen molar-refractivity contribution >= 4 is 38.4 Å². The molecule has 1 aromatic carbocycles. The van der Waals surface area contributed by atoms with Gasteiger partial charge in [-0.3, -0.25) is 0 Å². The smallest absolute Gasteiger partial charge is 0.132 e. The van der Waals surface area contributed by atoms with Gasteiger partial charge in [0, 0.05) is 21.4 Å². The van der Waals surface area contributed by atoms with Crippen molar-refractivity contribution in [2.75, 3.05) is 0 Å². The lowest BCUT2D eigenvalue weighted by atomic mass is 10.1. The average molecular weight is 277 g/mol. The Kier molecular flexibility index (Phi) is 2.54. The lowest BCUT2D eigenvalue weighted by molar-refractivity contribution is 0.639. The summed E-state index contributed by atoms with van der Waals surface area (Å²) in [6, 6.07) is 3.13. The Labute approximate surface area is 94.4 Å². The molecule has 0 aliphatic carbocycles. The van der Waals surface area contributed by atoms with Crippen LogP contribution >= 0.6 is 27.5 Å². The second-order valence-corrected chi connectivity index (χ2v) is 4.26. The number of rotatable bonds is 1. The molecule has 2 aromatic rings. The molecular weight excluding hydrogens is 268 g/mol. The van der Waals surface area contributed by atoms with Gasteiger partial charge in [-0.25, -0.2) is 4.39 Å². The van der Waals surface area contributed by atoms with E-state index in [-0.39, 0.29) is 5.82 Å². The number of aryl methyl sites for hydroxylation is 1. The summed E-state index contributed by atoms with van der Waals surface area (Å²) in [6.45, 7) is 1.89. The summed E-state index contributed by atoms with van der Waals surface area (Å²) < 4.78 is 14.4. The fraction of sp³-hybridized carbons (Fsp3) is 0.200. The summed E-state index contributed by atoms with van der Waals surface area (Å²) in [4.78, 5) is 3.12. The number of hydrogen-bond donors (Lipinski definition) is 1. The van der Waals surface area contributed by atoms with E-state index in [0.29, 0.717) is 11.3 Å². The van der Waals surface area contributed by atoms with E-state index in [4.69, 9.17) is 11.6 Å². The second kappa shape index (κ2) is 3.55. The zero-order valence-electron chi connectivity index (χ0n) is 7.50. The molecule has 4 heteroatoms. The molecule has 0 saturated heterocycles. The maximum Gasteiger partial charge on any atom is 0.132 e. The molecule has 1 nitrogen and oxygen atoms in total. The number of hydrogen-bond acceptors (Lipinski definition) is 0. The number of aromatic amines is 1.